The Morgan fingerprint density at radius 2 is 1.93 bits per heavy atom. The van der Waals surface area contributed by atoms with Crippen LogP contribution in [0.25, 0.3) is 0 Å². The summed E-state index contributed by atoms with van der Waals surface area (Å²) < 4.78 is 19.0. The van der Waals surface area contributed by atoms with Crippen LogP contribution in [0.4, 0.5) is 9.18 Å². The molecule has 148 valence electrons. The predicted molar refractivity (Wildman–Crippen MR) is 105 cm³/mol. The second-order valence-electron chi connectivity index (χ2n) is 6.02. The SMILES string of the molecule is O=C1N[C@H](c2ccc(F)c(Br)c2)C(=O)N1C[C@H](O)COc1c(Cl)cccc1Cl. The van der Waals surface area contributed by atoms with Crippen LogP contribution in [0.2, 0.25) is 10.0 Å². The molecule has 10 heteroatoms. The van der Waals surface area contributed by atoms with E-state index in [1.54, 1.807) is 18.2 Å². The molecule has 0 saturated carbocycles. The average Bonchev–Trinajstić information content (AvgIpc) is 2.92. The topological polar surface area (TPSA) is 78.9 Å². The summed E-state index contributed by atoms with van der Waals surface area (Å²) in [5.74, 6) is -0.836. The van der Waals surface area contributed by atoms with Crippen molar-refractivity contribution in [3.8, 4) is 5.75 Å². The molecule has 0 aromatic heterocycles. The Morgan fingerprint density at radius 3 is 2.57 bits per heavy atom. The lowest BCUT2D eigenvalue weighted by molar-refractivity contribution is -0.128. The fourth-order valence-corrected chi connectivity index (χ4v) is 3.58. The number of carbonyl (C=O) groups is 2. The predicted octanol–water partition coefficient (Wildman–Crippen LogP) is 3.93. The van der Waals surface area contributed by atoms with Gasteiger partial charge in [-0.15, -0.1) is 0 Å². The third kappa shape index (κ3) is 4.41. The van der Waals surface area contributed by atoms with Crippen LogP contribution in [0.5, 0.6) is 5.75 Å². The maximum atomic E-state index is 13.4. The quantitative estimate of drug-likeness (QED) is 0.600. The van der Waals surface area contributed by atoms with E-state index in [9.17, 15) is 19.1 Å². The lowest BCUT2D eigenvalue weighted by Crippen LogP contribution is -2.39. The summed E-state index contributed by atoms with van der Waals surface area (Å²) in [4.78, 5) is 25.6. The Bertz CT molecular complexity index is 910. The van der Waals surface area contributed by atoms with E-state index < -0.39 is 29.9 Å². The van der Waals surface area contributed by atoms with E-state index >= 15 is 0 Å². The van der Waals surface area contributed by atoms with Crippen molar-refractivity contribution in [3.63, 3.8) is 0 Å². The van der Waals surface area contributed by atoms with Gasteiger partial charge in [0.15, 0.2) is 5.75 Å². The molecular formula is C18H14BrCl2FN2O4. The number of β-amino-alcohol motifs (C(OH)–C–C–N with tert-alkyl or cyclic N) is 1. The number of halogens is 4. The summed E-state index contributed by atoms with van der Waals surface area (Å²) in [7, 11) is 0. The minimum absolute atomic E-state index is 0.176. The number of amides is 3. The fraction of sp³-hybridized carbons (Fsp3) is 0.222. The first-order chi connectivity index (χ1) is 13.3. The molecule has 3 rings (SSSR count). The Hall–Kier alpha value is -1.87. The molecule has 6 nitrogen and oxygen atoms in total. The van der Waals surface area contributed by atoms with Crippen LogP contribution in [0, 0.1) is 5.82 Å². The zero-order valence-corrected chi connectivity index (χ0v) is 17.3. The highest BCUT2D eigenvalue weighted by molar-refractivity contribution is 9.10. The molecule has 0 unspecified atom stereocenters. The minimum Gasteiger partial charge on any atom is -0.488 e. The van der Waals surface area contributed by atoms with E-state index in [1.165, 1.54) is 18.2 Å². The summed E-state index contributed by atoms with van der Waals surface area (Å²) in [5.41, 5.74) is 0.419. The molecule has 1 fully saturated rings. The zero-order valence-electron chi connectivity index (χ0n) is 14.2. The smallest absolute Gasteiger partial charge is 0.325 e. The van der Waals surface area contributed by atoms with E-state index in [0.717, 1.165) is 4.90 Å². The number of rotatable bonds is 6. The maximum Gasteiger partial charge on any atom is 0.325 e. The second-order valence-corrected chi connectivity index (χ2v) is 7.69. The molecule has 2 atom stereocenters. The van der Waals surface area contributed by atoms with Crippen molar-refractivity contribution in [1.82, 2.24) is 10.2 Å². The number of nitrogens with zero attached hydrogens (tertiary/aromatic N) is 1. The Kier molecular flexibility index (Phi) is 6.44. The molecule has 2 N–H and O–H groups in total. The van der Waals surface area contributed by atoms with Gasteiger partial charge in [0.25, 0.3) is 5.91 Å². The Balaban J connectivity index is 1.64. The maximum absolute atomic E-state index is 13.4. The first kappa shape index (κ1) is 20.9. The zero-order chi connectivity index (χ0) is 20.4. The lowest BCUT2D eigenvalue weighted by atomic mass is 10.1. The number of hydrogen-bond donors (Lipinski definition) is 2. The van der Waals surface area contributed by atoms with Gasteiger partial charge in [-0.05, 0) is 45.8 Å². The van der Waals surface area contributed by atoms with Crippen molar-refractivity contribution in [2.24, 2.45) is 0 Å². The molecule has 0 aliphatic carbocycles. The average molecular weight is 492 g/mol. The Morgan fingerprint density at radius 1 is 1.25 bits per heavy atom. The molecular weight excluding hydrogens is 478 g/mol. The molecule has 1 saturated heterocycles. The van der Waals surface area contributed by atoms with Crippen molar-refractivity contribution < 1.29 is 23.8 Å². The molecule has 1 aliphatic heterocycles. The summed E-state index contributed by atoms with van der Waals surface area (Å²) in [6, 6.07) is 7.20. The normalized spacial score (nSPS) is 17.6. The molecule has 2 aromatic carbocycles. The van der Waals surface area contributed by atoms with Gasteiger partial charge in [-0.3, -0.25) is 9.69 Å². The van der Waals surface area contributed by atoms with Gasteiger partial charge < -0.3 is 15.2 Å². The molecule has 28 heavy (non-hydrogen) atoms. The standard InChI is InChI=1S/C18H14BrCl2FN2O4/c19-11-6-9(4-5-14(11)22)15-17(26)24(18(27)23-15)7-10(25)8-28-16-12(20)2-1-3-13(16)21/h1-6,10,15,25H,7-8H2,(H,23,27)/t10-,15+/m0/s1. The van der Waals surface area contributed by atoms with Crippen LogP contribution >= 0.6 is 39.1 Å². The number of para-hydroxylation sites is 1. The van der Waals surface area contributed by atoms with Gasteiger partial charge in [-0.2, -0.15) is 0 Å². The minimum atomic E-state index is -1.17. The summed E-state index contributed by atoms with van der Waals surface area (Å²) in [6.07, 6.45) is -1.17. The number of nitrogens with one attached hydrogen (secondary N) is 1. The van der Waals surface area contributed by atoms with E-state index in [2.05, 4.69) is 21.2 Å². The molecule has 3 amide bonds. The number of aliphatic hydroxyl groups is 1. The lowest BCUT2D eigenvalue weighted by Gasteiger charge is -2.19. The Labute approximate surface area is 178 Å². The van der Waals surface area contributed by atoms with Gasteiger partial charge in [0.05, 0.1) is 21.1 Å². The highest BCUT2D eigenvalue weighted by atomic mass is 79.9. The first-order valence-corrected chi connectivity index (χ1v) is 9.64. The van der Waals surface area contributed by atoms with Crippen LogP contribution in [0.15, 0.2) is 40.9 Å². The van der Waals surface area contributed by atoms with Crippen molar-refractivity contribution in [1.29, 1.82) is 0 Å². The number of aliphatic hydroxyl groups excluding tert-OH is 1. The van der Waals surface area contributed by atoms with E-state index in [1.807, 2.05) is 0 Å². The monoisotopic (exact) mass is 490 g/mol. The van der Waals surface area contributed by atoms with Crippen molar-refractivity contribution in [2.45, 2.75) is 12.1 Å². The van der Waals surface area contributed by atoms with E-state index in [4.69, 9.17) is 27.9 Å². The van der Waals surface area contributed by atoms with Crippen LogP contribution in [0.3, 0.4) is 0 Å². The molecule has 0 radical (unpaired) electrons. The van der Waals surface area contributed by atoms with Crippen LogP contribution in [-0.2, 0) is 4.79 Å². The number of ether oxygens (including phenoxy) is 1. The van der Waals surface area contributed by atoms with Crippen LogP contribution in [-0.4, -0.2) is 41.2 Å². The van der Waals surface area contributed by atoms with Gasteiger partial charge in [0.2, 0.25) is 0 Å². The van der Waals surface area contributed by atoms with E-state index in [-0.39, 0.29) is 33.4 Å². The number of carbonyl (C=O) groups excluding carboxylic acids is 2. The number of urea groups is 1. The van der Waals surface area contributed by atoms with Crippen LogP contribution in [0.1, 0.15) is 11.6 Å². The largest absolute Gasteiger partial charge is 0.488 e. The first-order valence-electron chi connectivity index (χ1n) is 8.09. The fourth-order valence-electron chi connectivity index (χ4n) is 2.67. The van der Waals surface area contributed by atoms with Crippen LogP contribution < -0.4 is 10.1 Å². The number of benzene rings is 2. The molecule has 2 aromatic rings. The summed E-state index contributed by atoms with van der Waals surface area (Å²) in [5, 5.41) is 13.2. The highest BCUT2D eigenvalue weighted by Gasteiger charge is 2.40. The molecule has 0 bridgehead atoms. The third-order valence-electron chi connectivity index (χ3n) is 4.04. The number of hydrogen-bond acceptors (Lipinski definition) is 4. The second kappa shape index (κ2) is 8.65. The van der Waals surface area contributed by atoms with Gasteiger partial charge >= 0.3 is 6.03 Å². The summed E-state index contributed by atoms with van der Waals surface area (Å²) in [6.45, 7) is -0.515. The van der Waals surface area contributed by atoms with Crippen molar-refractivity contribution in [3.05, 3.63) is 62.3 Å². The van der Waals surface area contributed by atoms with Gasteiger partial charge in [0.1, 0.15) is 24.6 Å². The molecule has 0 spiro atoms. The number of imide groups is 1. The molecule has 1 aliphatic rings. The summed E-state index contributed by atoms with van der Waals surface area (Å²) >= 11 is 15.0. The van der Waals surface area contributed by atoms with Gasteiger partial charge in [-0.1, -0.05) is 35.3 Å². The van der Waals surface area contributed by atoms with Crippen molar-refractivity contribution >= 4 is 51.1 Å². The van der Waals surface area contributed by atoms with E-state index in [0.29, 0.717) is 5.56 Å². The van der Waals surface area contributed by atoms with Gasteiger partial charge in [0, 0.05) is 0 Å². The molecule has 1 heterocycles. The highest BCUT2D eigenvalue weighted by Crippen LogP contribution is 2.32. The third-order valence-corrected chi connectivity index (χ3v) is 5.24. The van der Waals surface area contributed by atoms with Crippen molar-refractivity contribution in [2.75, 3.05) is 13.2 Å². The van der Waals surface area contributed by atoms with Gasteiger partial charge in [-0.25, -0.2) is 9.18 Å².